The summed E-state index contributed by atoms with van der Waals surface area (Å²) in [4.78, 5) is 34.8. The molecule has 3 aromatic rings. The van der Waals surface area contributed by atoms with E-state index < -0.39 is 5.60 Å². The molecule has 2 aromatic heterocycles. The van der Waals surface area contributed by atoms with Crippen LogP contribution in [0.2, 0.25) is 0 Å². The van der Waals surface area contributed by atoms with E-state index in [0.717, 1.165) is 11.1 Å². The molecule has 0 radical (unpaired) electrons. The lowest BCUT2D eigenvalue weighted by atomic mass is 9.90. The molecule has 31 heavy (non-hydrogen) atoms. The van der Waals surface area contributed by atoms with E-state index in [-0.39, 0.29) is 18.4 Å². The molecule has 0 saturated carbocycles. The number of thiophene rings is 1. The lowest BCUT2D eigenvalue weighted by molar-refractivity contribution is -0.165. The molecule has 0 aliphatic carbocycles. The van der Waals surface area contributed by atoms with Crippen molar-refractivity contribution in [2.24, 2.45) is 0 Å². The van der Waals surface area contributed by atoms with E-state index in [2.05, 4.69) is 28.6 Å². The average molecular weight is 436 g/mol. The first-order chi connectivity index (χ1) is 15.0. The summed E-state index contributed by atoms with van der Waals surface area (Å²) in [5, 5.41) is 2.05. The van der Waals surface area contributed by atoms with Crippen LogP contribution in [0.3, 0.4) is 0 Å². The molecule has 2 amide bonds. The van der Waals surface area contributed by atoms with Crippen molar-refractivity contribution in [2.75, 3.05) is 33.8 Å². The molecule has 160 valence electrons. The highest BCUT2D eigenvalue weighted by molar-refractivity contribution is 7.13. The molecular formula is C24H25N3O3S. The second-order valence-corrected chi connectivity index (χ2v) is 8.78. The Balaban J connectivity index is 1.59. The molecule has 1 aliphatic heterocycles. The number of hydrogen-bond acceptors (Lipinski definition) is 5. The largest absolute Gasteiger partial charge is 0.361 e. The number of pyridine rings is 1. The molecule has 1 atom stereocenters. The lowest BCUT2D eigenvalue weighted by Crippen LogP contribution is -2.61. The van der Waals surface area contributed by atoms with E-state index in [9.17, 15) is 9.59 Å². The van der Waals surface area contributed by atoms with Crippen LogP contribution in [-0.2, 0) is 16.0 Å². The molecule has 1 aromatic carbocycles. The fraction of sp³-hybridized carbons (Fsp3) is 0.292. The second kappa shape index (κ2) is 8.99. The minimum atomic E-state index is -1.13. The molecule has 1 fully saturated rings. The number of likely N-dealkylation sites (N-methyl/N-ethyl adjacent to an activating group) is 1. The molecule has 3 heterocycles. The van der Waals surface area contributed by atoms with Gasteiger partial charge in [-0.3, -0.25) is 14.6 Å². The van der Waals surface area contributed by atoms with Crippen LogP contribution in [0.4, 0.5) is 0 Å². The normalized spacial score (nSPS) is 18.6. The summed E-state index contributed by atoms with van der Waals surface area (Å²) in [6.07, 6.45) is 1.99. The maximum Gasteiger partial charge on any atom is 0.272 e. The molecule has 7 heteroatoms. The van der Waals surface area contributed by atoms with Crippen molar-refractivity contribution in [3.63, 3.8) is 0 Å². The third-order valence-corrected chi connectivity index (χ3v) is 6.32. The van der Waals surface area contributed by atoms with Crippen LogP contribution in [0, 0.1) is 0 Å². The van der Waals surface area contributed by atoms with Gasteiger partial charge in [0, 0.05) is 38.1 Å². The zero-order valence-corrected chi connectivity index (χ0v) is 18.5. The van der Waals surface area contributed by atoms with Crippen molar-refractivity contribution < 1.29 is 14.3 Å². The molecule has 4 rings (SSSR count). The van der Waals surface area contributed by atoms with Crippen LogP contribution in [0.5, 0.6) is 0 Å². The topological polar surface area (TPSA) is 62.7 Å². The number of aromatic nitrogens is 1. The summed E-state index contributed by atoms with van der Waals surface area (Å²) in [5.74, 6) is -0.332. The number of hydrogen-bond donors (Lipinski definition) is 0. The first-order valence-electron chi connectivity index (χ1n) is 10.2. The average Bonchev–Trinajstić information content (AvgIpc) is 3.34. The van der Waals surface area contributed by atoms with Crippen LogP contribution in [0.25, 0.3) is 10.4 Å². The van der Waals surface area contributed by atoms with E-state index in [1.807, 2.05) is 18.2 Å². The van der Waals surface area contributed by atoms with Crippen molar-refractivity contribution in [3.8, 4) is 10.4 Å². The summed E-state index contributed by atoms with van der Waals surface area (Å²) in [6, 6.07) is 17.6. The third-order valence-electron chi connectivity index (χ3n) is 5.40. The Labute approximate surface area is 186 Å². The van der Waals surface area contributed by atoms with E-state index in [1.54, 1.807) is 54.7 Å². The maximum atomic E-state index is 13.2. The lowest BCUT2D eigenvalue weighted by Gasteiger charge is -2.42. The van der Waals surface area contributed by atoms with Gasteiger partial charge in [0.25, 0.3) is 11.8 Å². The Bertz CT molecular complexity index is 1040. The zero-order valence-electron chi connectivity index (χ0n) is 17.7. The van der Waals surface area contributed by atoms with Gasteiger partial charge in [-0.2, -0.15) is 0 Å². The minimum absolute atomic E-state index is 0.145. The minimum Gasteiger partial charge on any atom is -0.361 e. The van der Waals surface area contributed by atoms with Crippen LogP contribution in [0.15, 0.2) is 66.2 Å². The second-order valence-electron chi connectivity index (χ2n) is 7.84. The number of amides is 2. The van der Waals surface area contributed by atoms with Gasteiger partial charge >= 0.3 is 0 Å². The first-order valence-corrected chi connectivity index (χ1v) is 11.1. The third kappa shape index (κ3) is 4.52. The highest BCUT2D eigenvalue weighted by Crippen LogP contribution is 2.29. The molecule has 1 aliphatic rings. The van der Waals surface area contributed by atoms with Crippen molar-refractivity contribution in [3.05, 3.63) is 77.4 Å². The number of nitrogens with zero attached hydrogens (tertiary/aromatic N) is 3. The summed E-state index contributed by atoms with van der Waals surface area (Å²) in [5.41, 5.74) is 1.37. The summed E-state index contributed by atoms with van der Waals surface area (Å²) in [7, 11) is 3.43. The fourth-order valence-electron chi connectivity index (χ4n) is 3.89. The Kier molecular flexibility index (Phi) is 6.15. The van der Waals surface area contributed by atoms with E-state index >= 15 is 0 Å². The van der Waals surface area contributed by atoms with Crippen molar-refractivity contribution in [2.45, 2.75) is 12.0 Å². The Morgan fingerprint density at radius 2 is 1.94 bits per heavy atom. The van der Waals surface area contributed by atoms with Gasteiger partial charge in [-0.25, -0.2) is 0 Å². The predicted molar refractivity (Wildman–Crippen MR) is 121 cm³/mol. The van der Waals surface area contributed by atoms with Gasteiger partial charge < -0.3 is 14.5 Å². The number of benzene rings is 1. The van der Waals surface area contributed by atoms with Gasteiger partial charge in [0.05, 0.1) is 13.2 Å². The Hall–Kier alpha value is -3.03. The zero-order chi connectivity index (χ0) is 21.8. The molecule has 0 bridgehead atoms. The van der Waals surface area contributed by atoms with E-state index in [1.165, 1.54) is 9.78 Å². The van der Waals surface area contributed by atoms with Crippen molar-refractivity contribution >= 4 is 23.2 Å². The fourth-order valence-corrected chi connectivity index (χ4v) is 4.62. The summed E-state index contributed by atoms with van der Waals surface area (Å²) >= 11 is 1.69. The van der Waals surface area contributed by atoms with Gasteiger partial charge in [0.1, 0.15) is 5.69 Å². The van der Waals surface area contributed by atoms with Crippen molar-refractivity contribution in [1.82, 2.24) is 14.8 Å². The molecule has 6 nitrogen and oxygen atoms in total. The van der Waals surface area contributed by atoms with Gasteiger partial charge in [0.15, 0.2) is 5.60 Å². The number of carbonyl (C=O) groups is 2. The summed E-state index contributed by atoms with van der Waals surface area (Å²) < 4.78 is 6.11. The van der Waals surface area contributed by atoms with Crippen LogP contribution in [-0.4, -0.2) is 66.0 Å². The Morgan fingerprint density at radius 3 is 2.58 bits per heavy atom. The smallest absolute Gasteiger partial charge is 0.272 e. The monoisotopic (exact) mass is 435 g/mol. The first kappa shape index (κ1) is 21.2. The number of ether oxygens (including phenoxy) is 1. The van der Waals surface area contributed by atoms with Gasteiger partial charge in [-0.1, -0.05) is 36.4 Å². The SMILES string of the molecule is CN(C)C(=O)C1(Cc2ccc(-c3cccs3)cc2)CN(C(=O)c2ccccn2)CCO1. The van der Waals surface area contributed by atoms with E-state index in [4.69, 9.17) is 4.74 Å². The highest BCUT2D eigenvalue weighted by Gasteiger charge is 2.46. The summed E-state index contributed by atoms with van der Waals surface area (Å²) in [6.45, 7) is 0.909. The number of carbonyl (C=O) groups excluding carboxylic acids is 2. The maximum absolute atomic E-state index is 13.2. The van der Waals surface area contributed by atoms with Gasteiger partial charge in [-0.05, 0) is 34.7 Å². The number of morpholine rings is 1. The molecule has 1 saturated heterocycles. The van der Waals surface area contributed by atoms with Gasteiger partial charge in [0.2, 0.25) is 0 Å². The quantitative estimate of drug-likeness (QED) is 0.617. The standard InChI is InChI=1S/C24H25N3O3S/c1-26(2)23(29)24(16-18-8-10-19(11-9-18)21-7-5-15-31-21)17-27(13-14-30-24)22(28)20-6-3-4-12-25-20/h3-12,15H,13-14,16-17H2,1-2H3. The number of rotatable bonds is 5. The van der Waals surface area contributed by atoms with E-state index in [0.29, 0.717) is 25.3 Å². The van der Waals surface area contributed by atoms with Gasteiger partial charge in [-0.15, -0.1) is 11.3 Å². The highest BCUT2D eigenvalue weighted by atomic mass is 32.1. The van der Waals surface area contributed by atoms with Crippen molar-refractivity contribution in [1.29, 1.82) is 0 Å². The Morgan fingerprint density at radius 1 is 1.13 bits per heavy atom. The van der Waals surface area contributed by atoms with Crippen LogP contribution >= 0.6 is 11.3 Å². The van der Waals surface area contributed by atoms with Crippen LogP contribution < -0.4 is 0 Å². The van der Waals surface area contributed by atoms with Crippen LogP contribution in [0.1, 0.15) is 16.1 Å². The predicted octanol–water partition coefficient (Wildman–Crippen LogP) is 3.35. The molecular weight excluding hydrogens is 410 g/mol. The molecule has 1 unspecified atom stereocenters. The molecule has 0 spiro atoms. The molecule has 0 N–H and O–H groups in total.